The largest absolute Gasteiger partial charge is 0.481 e. The Balaban J connectivity index is 4.49. The number of hydrogen-bond donors (Lipinski definition) is 2. The number of rotatable bonds is 10. The van der Waals surface area contributed by atoms with Gasteiger partial charge in [0, 0.05) is 5.54 Å². The van der Waals surface area contributed by atoms with Crippen LogP contribution in [0.25, 0.3) is 0 Å². The van der Waals surface area contributed by atoms with Crippen molar-refractivity contribution >= 4 is 23.6 Å². The highest BCUT2D eigenvalue weighted by atomic mass is 32.2. The average Bonchev–Trinajstić information content (AvgIpc) is 2.37. The fourth-order valence-electron chi connectivity index (χ4n) is 1.85. The first-order valence-corrected chi connectivity index (χ1v) is 8.11. The number of amides is 1. The van der Waals surface area contributed by atoms with Gasteiger partial charge in [0.25, 0.3) is 0 Å². The Morgan fingerprint density at radius 2 is 1.84 bits per heavy atom. The Morgan fingerprint density at radius 1 is 1.26 bits per heavy atom. The molecule has 0 aromatic rings. The van der Waals surface area contributed by atoms with Crippen LogP contribution in [0.4, 0.5) is 0 Å². The van der Waals surface area contributed by atoms with Crippen molar-refractivity contribution in [1.29, 1.82) is 0 Å². The van der Waals surface area contributed by atoms with E-state index in [1.165, 1.54) is 0 Å². The van der Waals surface area contributed by atoms with E-state index in [0.29, 0.717) is 12.8 Å². The molecule has 112 valence electrons. The van der Waals surface area contributed by atoms with Crippen LogP contribution >= 0.6 is 11.8 Å². The molecule has 0 spiro atoms. The number of carbonyl (C=O) groups is 2. The quantitative estimate of drug-likeness (QED) is 0.607. The molecule has 0 aliphatic carbocycles. The molecule has 1 atom stereocenters. The predicted molar refractivity (Wildman–Crippen MR) is 80.5 cm³/mol. The Morgan fingerprint density at radius 3 is 2.26 bits per heavy atom. The fraction of sp³-hybridized carbons (Fsp3) is 0.857. The van der Waals surface area contributed by atoms with Crippen molar-refractivity contribution in [2.75, 3.05) is 5.75 Å². The molecule has 0 fully saturated rings. The summed E-state index contributed by atoms with van der Waals surface area (Å²) in [5, 5.41) is 11.8. The first-order chi connectivity index (χ1) is 8.90. The van der Waals surface area contributed by atoms with Gasteiger partial charge in [0.2, 0.25) is 5.91 Å². The maximum Gasteiger partial charge on any atom is 0.305 e. The van der Waals surface area contributed by atoms with Crippen LogP contribution in [0.5, 0.6) is 0 Å². The second-order valence-corrected chi connectivity index (χ2v) is 6.36. The van der Waals surface area contributed by atoms with Gasteiger partial charge in [-0.1, -0.05) is 27.2 Å². The van der Waals surface area contributed by atoms with E-state index in [9.17, 15) is 9.59 Å². The highest BCUT2D eigenvalue weighted by molar-refractivity contribution is 8.00. The summed E-state index contributed by atoms with van der Waals surface area (Å²) in [7, 11) is 0. The highest BCUT2D eigenvalue weighted by Crippen LogP contribution is 2.22. The molecule has 0 aliphatic rings. The normalized spacial score (nSPS) is 13.1. The van der Waals surface area contributed by atoms with Crippen LogP contribution in [0, 0.1) is 0 Å². The van der Waals surface area contributed by atoms with Crippen LogP contribution in [-0.4, -0.2) is 33.5 Å². The lowest BCUT2D eigenvalue weighted by atomic mass is 9.89. The summed E-state index contributed by atoms with van der Waals surface area (Å²) >= 11 is 1.63. The zero-order chi connectivity index (χ0) is 14.9. The SMILES string of the molecule is CCCCSC(C)C(=O)NC(CC)(CC)CC(=O)O. The summed E-state index contributed by atoms with van der Waals surface area (Å²) in [6.07, 6.45) is 3.47. The molecule has 0 rings (SSSR count). The topological polar surface area (TPSA) is 66.4 Å². The van der Waals surface area contributed by atoms with Gasteiger partial charge in [-0.05, 0) is 31.9 Å². The minimum absolute atomic E-state index is 0.0158. The number of carboxylic acids is 1. The molecule has 0 bridgehead atoms. The summed E-state index contributed by atoms with van der Waals surface area (Å²) in [5.41, 5.74) is -0.609. The Labute approximate surface area is 120 Å². The lowest BCUT2D eigenvalue weighted by Crippen LogP contribution is -2.51. The van der Waals surface area contributed by atoms with E-state index in [1.807, 2.05) is 20.8 Å². The Kier molecular flexibility index (Phi) is 8.89. The maximum atomic E-state index is 12.1. The molecule has 0 aromatic heterocycles. The highest BCUT2D eigenvalue weighted by Gasteiger charge is 2.32. The minimum Gasteiger partial charge on any atom is -0.481 e. The van der Waals surface area contributed by atoms with E-state index < -0.39 is 11.5 Å². The van der Waals surface area contributed by atoms with Crippen molar-refractivity contribution in [2.45, 2.75) is 70.6 Å². The van der Waals surface area contributed by atoms with Gasteiger partial charge in [-0.2, -0.15) is 0 Å². The van der Waals surface area contributed by atoms with Gasteiger partial charge in [0.05, 0.1) is 11.7 Å². The van der Waals surface area contributed by atoms with Gasteiger partial charge in [0.15, 0.2) is 0 Å². The van der Waals surface area contributed by atoms with Gasteiger partial charge >= 0.3 is 5.97 Å². The first-order valence-electron chi connectivity index (χ1n) is 7.06. The first kappa shape index (κ1) is 18.3. The van der Waals surface area contributed by atoms with Crippen LogP contribution in [0.2, 0.25) is 0 Å². The van der Waals surface area contributed by atoms with Gasteiger partial charge < -0.3 is 10.4 Å². The van der Waals surface area contributed by atoms with Crippen LogP contribution < -0.4 is 5.32 Å². The van der Waals surface area contributed by atoms with E-state index in [4.69, 9.17) is 5.11 Å². The van der Waals surface area contributed by atoms with Gasteiger partial charge in [-0.3, -0.25) is 9.59 Å². The van der Waals surface area contributed by atoms with E-state index in [2.05, 4.69) is 12.2 Å². The standard InChI is InChI=1S/C14H27NO3S/c1-5-8-9-19-11(4)13(18)15-14(6-2,7-3)10-12(16)17/h11H,5-10H2,1-4H3,(H,15,18)(H,16,17). The molecule has 4 nitrogen and oxygen atoms in total. The summed E-state index contributed by atoms with van der Waals surface area (Å²) in [4.78, 5) is 23.1. The molecule has 5 heteroatoms. The fourth-order valence-corrected chi connectivity index (χ4v) is 2.87. The molecule has 1 unspecified atom stereocenters. The third-order valence-electron chi connectivity index (χ3n) is 3.47. The van der Waals surface area contributed by atoms with Gasteiger partial charge in [-0.15, -0.1) is 11.8 Å². The third-order valence-corrected chi connectivity index (χ3v) is 4.70. The second-order valence-electron chi connectivity index (χ2n) is 4.91. The number of aliphatic carboxylic acids is 1. The summed E-state index contributed by atoms with van der Waals surface area (Å²) < 4.78 is 0. The number of unbranched alkanes of at least 4 members (excludes halogenated alkanes) is 1. The van der Waals surface area contributed by atoms with Crippen LogP contribution in [0.1, 0.15) is 59.8 Å². The van der Waals surface area contributed by atoms with Crippen LogP contribution in [0.15, 0.2) is 0 Å². The molecule has 0 aliphatic heterocycles. The maximum absolute atomic E-state index is 12.1. The summed E-state index contributed by atoms with van der Waals surface area (Å²) in [6, 6.07) is 0. The van der Waals surface area contributed by atoms with Crippen molar-refractivity contribution in [3.63, 3.8) is 0 Å². The molecule has 2 N–H and O–H groups in total. The molecule has 19 heavy (non-hydrogen) atoms. The van der Waals surface area contributed by atoms with E-state index in [-0.39, 0.29) is 17.6 Å². The summed E-state index contributed by atoms with van der Waals surface area (Å²) in [6.45, 7) is 7.84. The van der Waals surface area contributed by atoms with Crippen molar-refractivity contribution in [3.8, 4) is 0 Å². The number of nitrogens with one attached hydrogen (secondary N) is 1. The lowest BCUT2D eigenvalue weighted by Gasteiger charge is -2.32. The smallest absolute Gasteiger partial charge is 0.305 e. The monoisotopic (exact) mass is 289 g/mol. The molecule has 0 saturated carbocycles. The number of carbonyl (C=O) groups excluding carboxylic acids is 1. The molecule has 0 radical (unpaired) electrons. The third kappa shape index (κ3) is 6.85. The molecular formula is C14H27NO3S. The van der Waals surface area contributed by atoms with Gasteiger partial charge in [-0.25, -0.2) is 0 Å². The minimum atomic E-state index is -0.865. The Bertz CT molecular complexity index is 290. The zero-order valence-electron chi connectivity index (χ0n) is 12.5. The van der Waals surface area contributed by atoms with E-state index in [1.54, 1.807) is 11.8 Å². The van der Waals surface area contributed by atoms with E-state index in [0.717, 1.165) is 18.6 Å². The van der Waals surface area contributed by atoms with Crippen LogP contribution in [0.3, 0.4) is 0 Å². The number of carboxylic acid groups (broad SMARTS) is 1. The summed E-state index contributed by atoms with van der Waals surface area (Å²) in [5.74, 6) is 0.0521. The molecule has 0 saturated heterocycles. The molecule has 0 aromatic carbocycles. The average molecular weight is 289 g/mol. The van der Waals surface area contributed by atoms with Crippen molar-refractivity contribution in [2.24, 2.45) is 0 Å². The van der Waals surface area contributed by atoms with Crippen molar-refractivity contribution in [3.05, 3.63) is 0 Å². The van der Waals surface area contributed by atoms with Crippen LogP contribution in [-0.2, 0) is 9.59 Å². The van der Waals surface area contributed by atoms with Crippen molar-refractivity contribution < 1.29 is 14.7 Å². The molecular weight excluding hydrogens is 262 g/mol. The lowest BCUT2D eigenvalue weighted by molar-refractivity contribution is -0.139. The second kappa shape index (κ2) is 9.23. The Hall–Kier alpha value is -0.710. The van der Waals surface area contributed by atoms with E-state index >= 15 is 0 Å². The van der Waals surface area contributed by atoms with Gasteiger partial charge in [0.1, 0.15) is 0 Å². The predicted octanol–water partition coefficient (Wildman–Crippen LogP) is 3.06. The van der Waals surface area contributed by atoms with Crippen molar-refractivity contribution in [1.82, 2.24) is 5.32 Å². The number of thioether (sulfide) groups is 1. The zero-order valence-corrected chi connectivity index (χ0v) is 13.3. The molecule has 1 amide bonds. The number of hydrogen-bond acceptors (Lipinski definition) is 3. The molecule has 0 heterocycles.